The number of hydrogen-bond acceptors (Lipinski definition) is 7. The van der Waals surface area contributed by atoms with E-state index in [-0.39, 0.29) is 6.04 Å². The summed E-state index contributed by atoms with van der Waals surface area (Å²) >= 11 is 6.31. The topological polar surface area (TPSA) is 83.1 Å². The largest absolute Gasteiger partial charge is 0.378 e. The van der Waals surface area contributed by atoms with Crippen molar-refractivity contribution in [2.75, 3.05) is 42.6 Å². The fraction of sp³-hybridized carbons (Fsp3) is 0.333. The molecule has 8 nitrogen and oxygen atoms in total. The first-order valence-electron chi connectivity index (χ1n) is 11.3. The van der Waals surface area contributed by atoms with E-state index in [4.69, 9.17) is 16.3 Å². The van der Waals surface area contributed by atoms with Crippen molar-refractivity contribution in [3.63, 3.8) is 0 Å². The van der Waals surface area contributed by atoms with Crippen LogP contribution >= 0.6 is 11.6 Å². The molecule has 0 saturated carbocycles. The molecule has 34 heavy (non-hydrogen) atoms. The van der Waals surface area contributed by atoms with Crippen LogP contribution in [0.4, 0.5) is 16.3 Å². The lowest BCUT2D eigenvalue weighted by molar-refractivity contribution is 0.122. The van der Waals surface area contributed by atoms with Gasteiger partial charge in [-0.05, 0) is 37.1 Å². The Bertz CT molecular complexity index is 1350. The van der Waals surface area contributed by atoms with E-state index in [0.29, 0.717) is 42.4 Å². The molecule has 0 aliphatic carbocycles. The summed E-state index contributed by atoms with van der Waals surface area (Å²) in [5.41, 5.74) is 4.47. The second-order valence-electron chi connectivity index (χ2n) is 8.57. The van der Waals surface area contributed by atoms with Crippen molar-refractivity contribution in [1.82, 2.24) is 24.9 Å². The lowest BCUT2D eigenvalue weighted by atomic mass is 9.94. The third kappa shape index (κ3) is 3.65. The zero-order valence-electron chi connectivity index (χ0n) is 18.6. The van der Waals surface area contributed by atoms with Gasteiger partial charge in [0.1, 0.15) is 6.04 Å². The van der Waals surface area contributed by atoms with Crippen molar-refractivity contribution in [2.24, 2.45) is 0 Å². The fourth-order valence-corrected chi connectivity index (χ4v) is 4.97. The quantitative estimate of drug-likeness (QED) is 0.478. The molecule has 6 rings (SSSR count). The first-order chi connectivity index (χ1) is 16.6. The predicted octanol–water partition coefficient (Wildman–Crippen LogP) is 3.84. The molecule has 5 heterocycles. The minimum Gasteiger partial charge on any atom is -0.378 e. The summed E-state index contributed by atoms with van der Waals surface area (Å²) in [7, 11) is 0. The highest BCUT2D eigenvalue weighted by molar-refractivity contribution is 6.31. The highest BCUT2D eigenvalue weighted by atomic mass is 35.5. The number of nitrogens with one attached hydrogen (secondary N) is 1. The van der Waals surface area contributed by atoms with E-state index in [1.165, 1.54) is 11.8 Å². The van der Waals surface area contributed by atoms with Crippen molar-refractivity contribution in [2.45, 2.75) is 19.4 Å². The molecule has 10 heteroatoms. The first-order valence-corrected chi connectivity index (χ1v) is 11.7. The molecule has 1 fully saturated rings. The maximum Gasteiger partial charge on any atom is 0.226 e. The van der Waals surface area contributed by atoms with Gasteiger partial charge >= 0.3 is 0 Å². The number of aromatic nitrogens is 5. The van der Waals surface area contributed by atoms with Gasteiger partial charge in [-0.2, -0.15) is 0 Å². The first kappa shape index (κ1) is 21.2. The van der Waals surface area contributed by atoms with Crippen molar-refractivity contribution in [1.29, 1.82) is 0 Å². The fourth-order valence-electron chi connectivity index (χ4n) is 4.80. The molecule has 0 spiro atoms. The molecule has 1 unspecified atom stereocenters. The van der Waals surface area contributed by atoms with E-state index in [2.05, 4.69) is 34.7 Å². The molecule has 1 atom stereocenters. The molecular formula is C24H23ClFN7O. The van der Waals surface area contributed by atoms with E-state index in [9.17, 15) is 4.39 Å². The molecule has 2 aliphatic rings. The normalized spacial score (nSPS) is 18.4. The smallest absolute Gasteiger partial charge is 0.226 e. The van der Waals surface area contributed by atoms with E-state index >= 15 is 0 Å². The zero-order chi connectivity index (χ0) is 23.2. The zero-order valence-corrected chi connectivity index (χ0v) is 19.4. The number of morpholine rings is 1. The van der Waals surface area contributed by atoms with Crippen LogP contribution in [-0.4, -0.2) is 57.8 Å². The monoisotopic (exact) mass is 479 g/mol. The van der Waals surface area contributed by atoms with E-state index in [1.807, 2.05) is 30.6 Å². The Morgan fingerprint density at radius 3 is 2.59 bits per heavy atom. The number of halogens is 2. The van der Waals surface area contributed by atoms with Crippen molar-refractivity contribution < 1.29 is 9.13 Å². The Morgan fingerprint density at radius 1 is 1.06 bits per heavy atom. The summed E-state index contributed by atoms with van der Waals surface area (Å²) in [5.74, 6) is 0.742. The third-order valence-electron chi connectivity index (χ3n) is 6.52. The van der Waals surface area contributed by atoms with Crippen molar-refractivity contribution >= 4 is 34.4 Å². The van der Waals surface area contributed by atoms with Gasteiger partial charge in [-0.15, -0.1) is 0 Å². The molecule has 1 N–H and O–H groups in total. The number of anilines is 2. The number of ether oxygens (including phenoxy) is 1. The number of hydrogen-bond donors (Lipinski definition) is 1. The van der Waals surface area contributed by atoms with Crippen LogP contribution in [0.1, 0.15) is 28.6 Å². The van der Waals surface area contributed by atoms with Gasteiger partial charge in [0.15, 0.2) is 5.82 Å². The number of rotatable bonds is 3. The summed E-state index contributed by atoms with van der Waals surface area (Å²) in [6.45, 7) is 5.19. The maximum atomic E-state index is 13.9. The van der Waals surface area contributed by atoms with E-state index in [1.54, 1.807) is 6.92 Å². The molecule has 4 aromatic rings. The molecule has 0 bridgehead atoms. The summed E-state index contributed by atoms with van der Waals surface area (Å²) in [6, 6.07) is 5.62. The third-order valence-corrected chi connectivity index (χ3v) is 6.76. The molecule has 0 radical (unpaired) electrons. The Kier molecular flexibility index (Phi) is 5.30. The standard InChI is InChI=1S/C24H23ClFN7O/c1-14-19(26)13-29-24(30-14)33-5-4-17-18-10-16(25)2-3-20(18)31-21(17)22(33)15-11-27-23(28-12-15)32-6-8-34-9-7-32/h2-3,10-13,22,31H,4-9H2,1H3. The maximum absolute atomic E-state index is 13.9. The molecule has 174 valence electrons. The van der Waals surface area contributed by atoms with E-state index in [0.717, 1.165) is 41.7 Å². The van der Waals surface area contributed by atoms with Gasteiger partial charge < -0.3 is 19.5 Å². The summed E-state index contributed by atoms with van der Waals surface area (Å²) in [4.78, 5) is 25.9. The van der Waals surface area contributed by atoms with Crippen LogP contribution in [0.15, 0.2) is 36.8 Å². The Labute approximate surface area is 200 Å². The number of aromatic amines is 1. The SMILES string of the molecule is Cc1nc(N2CCc3c([nH]c4ccc(Cl)cc34)C2c2cnc(N3CCOCC3)nc2)ncc1F. The molecule has 3 aromatic heterocycles. The van der Waals surface area contributed by atoms with Gasteiger partial charge in [0.05, 0.1) is 25.1 Å². The van der Waals surface area contributed by atoms with Gasteiger partial charge in [-0.3, -0.25) is 0 Å². The van der Waals surface area contributed by atoms with Crippen LogP contribution in [0.5, 0.6) is 0 Å². The average Bonchev–Trinajstić information content (AvgIpc) is 3.23. The summed E-state index contributed by atoms with van der Waals surface area (Å²) in [5, 5.41) is 1.80. The average molecular weight is 480 g/mol. The molecular weight excluding hydrogens is 457 g/mol. The van der Waals surface area contributed by atoms with Gasteiger partial charge in [0.2, 0.25) is 11.9 Å². The number of aryl methyl sites for hydroxylation is 1. The lowest BCUT2D eigenvalue weighted by Crippen LogP contribution is -2.38. The Balaban J connectivity index is 1.46. The highest BCUT2D eigenvalue weighted by Crippen LogP contribution is 2.40. The summed E-state index contributed by atoms with van der Waals surface area (Å²) in [6.07, 6.45) is 5.73. The van der Waals surface area contributed by atoms with Crippen LogP contribution in [0.2, 0.25) is 5.02 Å². The number of nitrogens with zero attached hydrogens (tertiary/aromatic N) is 6. The van der Waals surface area contributed by atoms with Gasteiger partial charge in [-0.1, -0.05) is 11.6 Å². The predicted molar refractivity (Wildman–Crippen MR) is 128 cm³/mol. The minimum absolute atomic E-state index is 0.251. The van der Waals surface area contributed by atoms with Crippen molar-refractivity contribution in [3.8, 4) is 0 Å². The van der Waals surface area contributed by atoms with E-state index < -0.39 is 5.82 Å². The van der Waals surface area contributed by atoms with Crippen LogP contribution in [0.25, 0.3) is 10.9 Å². The van der Waals surface area contributed by atoms with Gasteiger partial charge in [0, 0.05) is 59.2 Å². The Morgan fingerprint density at radius 2 is 1.82 bits per heavy atom. The number of fused-ring (bicyclic) bond motifs is 3. The minimum atomic E-state index is -0.420. The molecule has 2 aliphatic heterocycles. The summed E-state index contributed by atoms with van der Waals surface area (Å²) < 4.78 is 19.4. The number of benzene rings is 1. The second kappa shape index (κ2) is 8.48. The van der Waals surface area contributed by atoms with Gasteiger partial charge in [0.25, 0.3) is 0 Å². The van der Waals surface area contributed by atoms with Crippen LogP contribution in [0.3, 0.4) is 0 Å². The second-order valence-corrected chi connectivity index (χ2v) is 9.01. The lowest BCUT2D eigenvalue weighted by Gasteiger charge is -2.36. The highest BCUT2D eigenvalue weighted by Gasteiger charge is 2.34. The van der Waals surface area contributed by atoms with Crippen LogP contribution in [0, 0.1) is 12.7 Å². The van der Waals surface area contributed by atoms with Crippen LogP contribution < -0.4 is 9.80 Å². The molecule has 1 saturated heterocycles. The Hall–Kier alpha value is -3.30. The van der Waals surface area contributed by atoms with Crippen molar-refractivity contribution in [3.05, 3.63) is 70.1 Å². The molecule has 1 aromatic carbocycles. The van der Waals surface area contributed by atoms with Gasteiger partial charge in [-0.25, -0.2) is 24.3 Å². The molecule has 0 amide bonds. The number of H-pyrrole nitrogens is 1. The van der Waals surface area contributed by atoms with Crippen LogP contribution in [-0.2, 0) is 11.2 Å².